The Morgan fingerprint density at radius 1 is 1.10 bits per heavy atom. The van der Waals surface area contributed by atoms with Gasteiger partial charge in [-0.3, -0.25) is 0 Å². The van der Waals surface area contributed by atoms with Crippen LogP contribution in [0.5, 0.6) is 0 Å². The Kier molecular flexibility index (Phi) is 7.02. The summed E-state index contributed by atoms with van der Waals surface area (Å²) in [7, 11) is 0. The van der Waals surface area contributed by atoms with Crippen LogP contribution in [-0.4, -0.2) is 41.7 Å². The molecule has 4 rings (SSSR count). The highest BCUT2D eigenvalue weighted by Crippen LogP contribution is 2.32. The van der Waals surface area contributed by atoms with Crippen LogP contribution in [0.25, 0.3) is 0 Å². The highest BCUT2D eigenvalue weighted by Gasteiger charge is 2.29. The molecule has 0 saturated carbocycles. The number of hydrogen-bond acceptors (Lipinski definition) is 5. The van der Waals surface area contributed by atoms with Gasteiger partial charge in [0.15, 0.2) is 0 Å². The van der Waals surface area contributed by atoms with E-state index in [0.717, 1.165) is 41.7 Å². The predicted octanol–water partition coefficient (Wildman–Crippen LogP) is 3.25. The maximum atomic E-state index is 10.1. The van der Waals surface area contributed by atoms with Gasteiger partial charge in [-0.25, -0.2) is 0 Å². The summed E-state index contributed by atoms with van der Waals surface area (Å²) in [4.78, 5) is 0. The van der Waals surface area contributed by atoms with Gasteiger partial charge in [-0.1, -0.05) is 36.1 Å². The van der Waals surface area contributed by atoms with Crippen molar-refractivity contribution in [2.24, 2.45) is 0 Å². The Labute approximate surface area is 183 Å². The van der Waals surface area contributed by atoms with E-state index in [1.165, 1.54) is 0 Å². The van der Waals surface area contributed by atoms with E-state index in [-0.39, 0.29) is 24.9 Å². The maximum Gasteiger partial charge on any atom is 0.118 e. The molecule has 160 valence electrons. The molecule has 0 bridgehead atoms. The van der Waals surface area contributed by atoms with E-state index < -0.39 is 6.10 Å². The van der Waals surface area contributed by atoms with Gasteiger partial charge in [0.25, 0.3) is 0 Å². The molecule has 31 heavy (non-hydrogen) atoms. The third kappa shape index (κ3) is 5.53. The number of ether oxygens (including phenoxy) is 2. The minimum Gasteiger partial charge on any atom is -0.394 e. The van der Waals surface area contributed by atoms with Crippen LogP contribution in [0.15, 0.2) is 42.5 Å². The van der Waals surface area contributed by atoms with E-state index in [4.69, 9.17) is 9.47 Å². The lowest BCUT2D eigenvalue weighted by Crippen LogP contribution is -2.33. The summed E-state index contributed by atoms with van der Waals surface area (Å²) >= 11 is 0. The maximum absolute atomic E-state index is 10.1. The van der Waals surface area contributed by atoms with Crippen molar-refractivity contribution in [3.8, 4) is 17.9 Å². The van der Waals surface area contributed by atoms with Crippen molar-refractivity contribution in [1.29, 1.82) is 5.26 Å². The molecule has 4 atom stereocenters. The number of aliphatic hydroxyl groups excluding tert-OH is 2. The summed E-state index contributed by atoms with van der Waals surface area (Å²) in [6.07, 6.45) is 2.51. The predicted molar refractivity (Wildman–Crippen MR) is 116 cm³/mol. The largest absolute Gasteiger partial charge is 0.394 e. The molecule has 0 radical (unpaired) electrons. The van der Waals surface area contributed by atoms with Crippen LogP contribution in [0.1, 0.15) is 59.6 Å². The first-order valence-corrected chi connectivity index (χ1v) is 10.8. The molecule has 2 N–H and O–H groups in total. The van der Waals surface area contributed by atoms with Crippen LogP contribution in [-0.2, 0) is 15.9 Å². The number of benzene rings is 2. The summed E-state index contributed by atoms with van der Waals surface area (Å²) in [6.45, 7) is 0.683. The van der Waals surface area contributed by atoms with Crippen molar-refractivity contribution < 1.29 is 19.7 Å². The molecule has 2 saturated heterocycles. The molecule has 2 aromatic carbocycles. The van der Waals surface area contributed by atoms with E-state index in [1.807, 2.05) is 42.5 Å². The molecular weight excluding hydrogens is 390 g/mol. The fourth-order valence-electron chi connectivity index (χ4n) is 4.17. The Morgan fingerprint density at radius 2 is 1.94 bits per heavy atom. The molecule has 0 amide bonds. The van der Waals surface area contributed by atoms with Crippen LogP contribution in [0.4, 0.5) is 0 Å². The molecule has 0 spiro atoms. The number of rotatable bonds is 4. The molecule has 2 aliphatic rings. The number of aliphatic hydroxyl groups is 2. The molecule has 0 aliphatic carbocycles. The lowest BCUT2D eigenvalue weighted by Gasteiger charge is -2.32. The van der Waals surface area contributed by atoms with Crippen LogP contribution in [0, 0.1) is 23.2 Å². The first kappa shape index (κ1) is 21.6. The van der Waals surface area contributed by atoms with Crippen molar-refractivity contribution in [3.63, 3.8) is 0 Å². The van der Waals surface area contributed by atoms with Crippen LogP contribution >= 0.6 is 0 Å². The lowest BCUT2D eigenvalue weighted by atomic mass is 9.92. The van der Waals surface area contributed by atoms with E-state index in [1.54, 1.807) is 0 Å². The van der Waals surface area contributed by atoms with Gasteiger partial charge in [0, 0.05) is 25.0 Å². The van der Waals surface area contributed by atoms with Gasteiger partial charge in [0.2, 0.25) is 0 Å². The third-order valence-electron chi connectivity index (χ3n) is 5.86. The smallest absolute Gasteiger partial charge is 0.118 e. The average Bonchev–Trinajstić information content (AvgIpc) is 3.32. The van der Waals surface area contributed by atoms with Crippen molar-refractivity contribution >= 4 is 0 Å². The second kappa shape index (κ2) is 10.1. The zero-order valence-corrected chi connectivity index (χ0v) is 17.5. The lowest BCUT2D eigenvalue weighted by molar-refractivity contribution is -0.113. The third-order valence-corrected chi connectivity index (χ3v) is 5.86. The Morgan fingerprint density at radius 3 is 2.65 bits per heavy atom. The van der Waals surface area contributed by atoms with Gasteiger partial charge >= 0.3 is 0 Å². The fraction of sp³-hybridized carbons (Fsp3) is 0.423. The quantitative estimate of drug-likeness (QED) is 0.747. The van der Waals surface area contributed by atoms with Gasteiger partial charge in [0.1, 0.15) is 6.10 Å². The second-order valence-electron chi connectivity index (χ2n) is 8.23. The van der Waals surface area contributed by atoms with Crippen LogP contribution in [0.3, 0.4) is 0 Å². The molecule has 2 fully saturated rings. The number of hydrogen-bond donors (Lipinski definition) is 2. The average molecular weight is 418 g/mol. The van der Waals surface area contributed by atoms with Crippen molar-refractivity contribution in [2.45, 2.75) is 56.5 Å². The van der Waals surface area contributed by atoms with E-state index in [0.29, 0.717) is 24.8 Å². The van der Waals surface area contributed by atoms with Gasteiger partial charge < -0.3 is 19.7 Å². The second-order valence-corrected chi connectivity index (χ2v) is 8.23. The van der Waals surface area contributed by atoms with E-state index >= 15 is 0 Å². The molecule has 5 nitrogen and oxygen atoms in total. The van der Waals surface area contributed by atoms with E-state index in [2.05, 4.69) is 17.9 Å². The normalized spacial score (nSPS) is 25.5. The zero-order valence-electron chi connectivity index (χ0n) is 17.5. The zero-order chi connectivity index (χ0) is 21.6. The summed E-state index contributed by atoms with van der Waals surface area (Å²) in [5.74, 6) is 6.35. The Balaban J connectivity index is 1.49. The summed E-state index contributed by atoms with van der Waals surface area (Å²) in [5.41, 5.74) is 4.51. The summed E-state index contributed by atoms with van der Waals surface area (Å²) < 4.78 is 11.5. The molecule has 2 aliphatic heterocycles. The topological polar surface area (TPSA) is 82.7 Å². The fourth-order valence-corrected chi connectivity index (χ4v) is 4.17. The van der Waals surface area contributed by atoms with Gasteiger partial charge in [-0.15, -0.1) is 0 Å². The van der Waals surface area contributed by atoms with Crippen LogP contribution in [0.2, 0.25) is 0 Å². The minimum absolute atomic E-state index is 0.0477. The van der Waals surface area contributed by atoms with Crippen LogP contribution < -0.4 is 0 Å². The Bertz CT molecular complexity index is 993. The number of nitriles is 1. The molecule has 0 aromatic heterocycles. The monoisotopic (exact) mass is 417 g/mol. The first-order valence-electron chi connectivity index (χ1n) is 10.8. The minimum atomic E-state index is -0.502. The highest BCUT2D eigenvalue weighted by atomic mass is 16.5. The van der Waals surface area contributed by atoms with Gasteiger partial charge in [-0.05, 0) is 54.2 Å². The molecule has 5 heteroatoms. The molecular formula is C26H27NO4. The first-order chi connectivity index (χ1) is 15.1. The van der Waals surface area contributed by atoms with Crippen molar-refractivity contribution in [2.75, 3.05) is 13.2 Å². The summed E-state index contributed by atoms with van der Waals surface area (Å²) in [6, 6.07) is 16.0. The van der Waals surface area contributed by atoms with Gasteiger partial charge in [-0.2, -0.15) is 5.26 Å². The molecule has 2 heterocycles. The number of nitrogens with zero attached hydrogens (tertiary/aromatic N) is 1. The van der Waals surface area contributed by atoms with Crippen molar-refractivity contribution in [3.05, 3.63) is 70.3 Å². The highest BCUT2D eigenvalue weighted by molar-refractivity contribution is 5.45. The van der Waals surface area contributed by atoms with E-state index in [9.17, 15) is 15.5 Å². The Hall–Kier alpha value is -2.67. The molecule has 4 unspecified atom stereocenters. The van der Waals surface area contributed by atoms with Gasteiger partial charge in [0.05, 0.1) is 36.6 Å². The van der Waals surface area contributed by atoms with Crippen molar-refractivity contribution in [1.82, 2.24) is 0 Å². The standard InChI is InChI=1S/C26H27NO4/c27-16-21-9-8-20(26-15-23(29)14-25(17-28)31-26)13-22(21)12-19-5-3-18(4-6-19)7-10-24-2-1-11-30-24/h3-6,8-9,13,23-26,28-29H,1-2,11-12,14-15,17H2. The molecule has 2 aromatic rings. The summed E-state index contributed by atoms with van der Waals surface area (Å²) in [5, 5.41) is 29.1. The SMILES string of the molecule is N#Cc1ccc(C2CC(O)CC(CO)O2)cc1Cc1ccc(C#CC2CCCO2)cc1.